The maximum atomic E-state index is 13.2. The van der Waals surface area contributed by atoms with E-state index in [1.54, 1.807) is 23.3 Å². The minimum absolute atomic E-state index is 0.242. The zero-order valence-electron chi connectivity index (χ0n) is 17.5. The van der Waals surface area contributed by atoms with E-state index in [9.17, 15) is 18.0 Å². The van der Waals surface area contributed by atoms with Gasteiger partial charge in [0.2, 0.25) is 0 Å². The van der Waals surface area contributed by atoms with Crippen LogP contribution in [0.15, 0.2) is 29.2 Å². The van der Waals surface area contributed by atoms with Crippen LogP contribution in [0.2, 0.25) is 0 Å². The summed E-state index contributed by atoms with van der Waals surface area (Å²) in [5.74, 6) is 0.517. The molecule has 1 aliphatic rings. The van der Waals surface area contributed by atoms with Gasteiger partial charge in [-0.2, -0.15) is 13.2 Å². The second-order valence-electron chi connectivity index (χ2n) is 8.35. The molecule has 2 rings (SSSR count). The largest absolute Gasteiger partial charge is 0.444 e. The number of likely N-dealkylation sites (tertiary alicyclic amines) is 1. The van der Waals surface area contributed by atoms with Gasteiger partial charge in [0.25, 0.3) is 0 Å². The number of benzene rings is 1. The van der Waals surface area contributed by atoms with E-state index in [-0.39, 0.29) is 11.0 Å². The molecule has 29 heavy (non-hydrogen) atoms. The molecule has 0 unspecified atom stereocenters. The predicted molar refractivity (Wildman–Crippen MR) is 112 cm³/mol. The summed E-state index contributed by atoms with van der Waals surface area (Å²) in [7, 11) is 0. The van der Waals surface area contributed by atoms with Crippen LogP contribution in [0.1, 0.15) is 57.6 Å². The van der Waals surface area contributed by atoms with Crippen molar-refractivity contribution in [3.8, 4) is 0 Å². The molecule has 0 saturated carbocycles. The summed E-state index contributed by atoms with van der Waals surface area (Å²) in [5.41, 5.74) is -0.504. The van der Waals surface area contributed by atoms with Gasteiger partial charge in [0.05, 0.1) is 5.56 Å². The Labute approximate surface area is 175 Å². The second-order valence-corrected chi connectivity index (χ2v) is 9.20. The van der Waals surface area contributed by atoms with Crippen molar-refractivity contribution in [3.05, 3.63) is 35.4 Å². The van der Waals surface area contributed by atoms with E-state index in [4.69, 9.17) is 4.74 Å². The van der Waals surface area contributed by atoms with Crippen molar-refractivity contribution in [2.24, 2.45) is 5.92 Å². The molecule has 1 heterocycles. The topological polar surface area (TPSA) is 29.5 Å². The highest BCUT2D eigenvalue weighted by Crippen LogP contribution is 2.36. The standard InChI is InChI=1S/C22H30F3NO2S/c1-21(2,3)28-20(27)26-13-11-16(12-14-26)7-5-6-8-17-9-10-19(29-4)18(15-17)22(23,24)25/h6,8-10,15-16H,5,7,11-14H2,1-4H3/b8-6+. The SMILES string of the molecule is CSc1ccc(/C=C/CCC2CCN(C(=O)OC(C)(C)C)CC2)cc1C(F)(F)F. The lowest BCUT2D eigenvalue weighted by Crippen LogP contribution is -2.41. The molecule has 1 aromatic rings. The van der Waals surface area contributed by atoms with Crippen LogP contribution in [0, 0.1) is 5.92 Å². The number of carbonyl (C=O) groups excluding carboxylic acids is 1. The van der Waals surface area contributed by atoms with Gasteiger partial charge in [0, 0.05) is 18.0 Å². The zero-order chi connectivity index (χ0) is 21.7. The maximum Gasteiger partial charge on any atom is 0.417 e. The third-order valence-corrected chi connectivity index (χ3v) is 5.64. The van der Waals surface area contributed by atoms with E-state index >= 15 is 0 Å². The lowest BCUT2D eigenvalue weighted by molar-refractivity contribution is -0.139. The fourth-order valence-corrected chi connectivity index (χ4v) is 3.93. The van der Waals surface area contributed by atoms with E-state index in [2.05, 4.69) is 0 Å². The van der Waals surface area contributed by atoms with Gasteiger partial charge in [-0.05, 0) is 76.3 Å². The van der Waals surface area contributed by atoms with Crippen molar-refractivity contribution in [1.82, 2.24) is 4.90 Å². The summed E-state index contributed by atoms with van der Waals surface area (Å²) >= 11 is 1.10. The second kappa shape index (κ2) is 9.92. The molecular formula is C22H30F3NO2S. The predicted octanol–water partition coefficient (Wildman–Crippen LogP) is 6.87. The number of allylic oxidation sites excluding steroid dienone is 1. The monoisotopic (exact) mass is 429 g/mol. The van der Waals surface area contributed by atoms with E-state index in [0.29, 0.717) is 24.6 Å². The number of thioether (sulfide) groups is 1. The molecule has 7 heteroatoms. The summed E-state index contributed by atoms with van der Waals surface area (Å²) < 4.78 is 44.9. The summed E-state index contributed by atoms with van der Waals surface area (Å²) in [4.78, 5) is 14.1. The Morgan fingerprint density at radius 2 is 1.90 bits per heavy atom. The summed E-state index contributed by atoms with van der Waals surface area (Å²) in [5, 5.41) is 0. The van der Waals surface area contributed by atoms with Gasteiger partial charge >= 0.3 is 12.3 Å². The van der Waals surface area contributed by atoms with Crippen LogP contribution in [-0.4, -0.2) is 35.9 Å². The lowest BCUT2D eigenvalue weighted by Gasteiger charge is -2.33. The van der Waals surface area contributed by atoms with Crippen molar-refractivity contribution in [2.75, 3.05) is 19.3 Å². The smallest absolute Gasteiger partial charge is 0.417 e. The highest BCUT2D eigenvalue weighted by Gasteiger charge is 2.33. The first-order chi connectivity index (χ1) is 13.5. The van der Waals surface area contributed by atoms with E-state index < -0.39 is 17.3 Å². The van der Waals surface area contributed by atoms with Gasteiger partial charge in [0.15, 0.2) is 0 Å². The Kier molecular flexibility index (Phi) is 8.09. The van der Waals surface area contributed by atoms with Crippen LogP contribution in [0.4, 0.5) is 18.0 Å². The highest BCUT2D eigenvalue weighted by atomic mass is 32.2. The molecular weight excluding hydrogens is 399 g/mol. The van der Waals surface area contributed by atoms with Gasteiger partial charge in [-0.1, -0.05) is 18.2 Å². The number of carbonyl (C=O) groups is 1. The van der Waals surface area contributed by atoms with Crippen LogP contribution in [0.25, 0.3) is 6.08 Å². The van der Waals surface area contributed by atoms with Gasteiger partial charge < -0.3 is 9.64 Å². The molecule has 1 fully saturated rings. The zero-order valence-corrected chi connectivity index (χ0v) is 18.3. The first-order valence-electron chi connectivity index (χ1n) is 9.89. The van der Waals surface area contributed by atoms with E-state index in [1.807, 2.05) is 26.8 Å². The van der Waals surface area contributed by atoms with Gasteiger partial charge in [-0.15, -0.1) is 11.8 Å². The molecule has 0 spiro atoms. The van der Waals surface area contributed by atoms with Crippen LogP contribution in [0.3, 0.4) is 0 Å². The fraction of sp³-hybridized carbons (Fsp3) is 0.591. The third-order valence-electron chi connectivity index (χ3n) is 4.85. The molecule has 0 radical (unpaired) electrons. The van der Waals surface area contributed by atoms with Crippen LogP contribution in [-0.2, 0) is 10.9 Å². The van der Waals surface area contributed by atoms with Crippen molar-refractivity contribution in [2.45, 2.75) is 63.1 Å². The Bertz CT molecular complexity index is 718. The summed E-state index contributed by atoms with van der Waals surface area (Å²) in [6, 6.07) is 4.46. The number of ether oxygens (including phenoxy) is 1. The number of hydrogen-bond acceptors (Lipinski definition) is 3. The van der Waals surface area contributed by atoms with Gasteiger partial charge in [-0.25, -0.2) is 4.79 Å². The first-order valence-corrected chi connectivity index (χ1v) is 11.1. The van der Waals surface area contributed by atoms with Crippen molar-refractivity contribution in [1.29, 1.82) is 0 Å². The molecule has 162 valence electrons. The first kappa shape index (κ1) is 23.6. The molecule has 1 amide bonds. The van der Waals surface area contributed by atoms with Crippen molar-refractivity contribution >= 4 is 23.9 Å². The molecule has 0 N–H and O–H groups in total. The number of nitrogens with zero attached hydrogens (tertiary/aromatic N) is 1. The molecule has 1 aromatic carbocycles. The molecule has 0 aliphatic carbocycles. The quantitative estimate of drug-likeness (QED) is 0.479. The molecule has 1 aliphatic heterocycles. The molecule has 0 bridgehead atoms. The minimum atomic E-state index is -4.34. The Hall–Kier alpha value is -1.63. The average Bonchev–Trinajstić information content (AvgIpc) is 2.63. The summed E-state index contributed by atoms with van der Waals surface area (Å²) in [6.45, 7) is 6.95. The average molecular weight is 430 g/mol. The van der Waals surface area contributed by atoms with Crippen molar-refractivity contribution < 1.29 is 22.7 Å². The Morgan fingerprint density at radius 3 is 2.45 bits per heavy atom. The van der Waals surface area contributed by atoms with Crippen molar-refractivity contribution in [3.63, 3.8) is 0 Å². The highest BCUT2D eigenvalue weighted by molar-refractivity contribution is 7.98. The number of amides is 1. The summed E-state index contributed by atoms with van der Waals surface area (Å²) in [6.07, 6.45) is 4.37. The Morgan fingerprint density at radius 1 is 1.24 bits per heavy atom. The number of alkyl halides is 3. The normalized spacial score (nSPS) is 16.4. The lowest BCUT2D eigenvalue weighted by atomic mass is 9.92. The van der Waals surface area contributed by atoms with Crippen LogP contribution >= 0.6 is 11.8 Å². The molecule has 0 atom stereocenters. The Balaban J connectivity index is 1.81. The minimum Gasteiger partial charge on any atom is -0.444 e. The number of rotatable bonds is 5. The number of hydrogen-bond donors (Lipinski definition) is 0. The van der Waals surface area contributed by atoms with Crippen LogP contribution in [0.5, 0.6) is 0 Å². The van der Waals surface area contributed by atoms with Gasteiger partial charge in [0.1, 0.15) is 5.60 Å². The maximum absolute atomic E-state index is 13.2. The molecule has 3 nitrogen and oxygen atoms in total. The van der Waals surface area contributed by atoms with Gasteiger partial charge in [-0.3, -0.25) is 0 Å². The fourth-order valence-electron chi connectivity index (χ4n) is 3.33. The molecule has 1 saturated heterocycles. The van der Waals surface area contributed by atoms with Crippen LogP contribution < -0.4 is 0 Å². The third kappa shape index (κ3) is 7.61. The number of piperidine rings is 1. The number of halogens is 3. The molecule has 0 aromatic heterocycles. The van der Waals surface area contributed by atoms with E-state index in [1.165, 1.54) is 12.1 Å². The van der Waals surface area contributed by atoms with E-state index in [0.717, 1.165) is 37.4 Å².